The molecule has 8 rings (SSSR count). The molecule has 6 aromatic rings. The summed E-state index contributed by atoms with van der Waals surface area (Å²) in [5, 5.41) is 5.54. The number of ether oxygens (including phenoxy) is 12. The molecule has 2 N–H and O–H groups in total. The second-order valence-corrected chi connectivity index (χ2v) is 23.8. The molecule has 2 aliphatic heterocycles. The molecule has 23 nitrogen and oxygen atoms in total. The minimum Gasteiger partial charge on any atom is -0.493 e. The fraction of sp³-hybridized carbons (Fsp3) is 0.453. The lowest BCUT2D eigenvalue weighted by molar-refractivity contribution is -0.162. The van der Waals surface area contributed by atoms with Crippen LogP contribution in [0.1, 0.15) is 135 Å². The molecule has 5 aromatic carbocycles. The molecule has 0 aliphatic carbocycles. The zero-order valence-corrected chi connectivity index (χ0v) is 57.9. The van der Waals surface area contributed by atoms with Crippen LogP contribution >= 0.6 is 0 Å². The molecule has 23 heteroatoms. The van der Waals surface area contributed by atoms with Gasteiger partial charge in [0.15, 0.2) is 47.7 Å². The number of nitrogens with one attached hydrogen (secondary N) is 2. The molecule has 526 valence electrons. The summed E-state index contributed by atoms with van der Waals surface area (Å²) >= 11 is 0. The summed E-state index contributed by atoms with van der Waals surface area (Å²) in [4.78, 5) is 92.2. The van der Waals surface area contributed by atoms with Crippen molar-refractivity contribution in [3.8, 4) is 57.5 Å². The minimum atomic E-state index is -0.855. The highest BCUT2D eigenvalue weighted by Gasteiger charge is 2.40. The van der Waals surface area contributed by atoms with Crippen LogP contribution in [0, 0.1) is 0 Å². The first-order valence-corrected chi connectivity index (χ1v) is 33.3. The average molecular weight is 1350 g/mol. The number of aryl methyl sites for hydroxylation is 2. The molecule has 0 spiro atoms. The van der Waals surface area contributed by atoms with Crippen LogP contribution in [0.3, 0.4) is 0 Å². The molecule has 0 bridgehead atoms. The molecule has 2 fully saturated rings. The maximum absolute atomic E-state index is 14.6. The van der Waals surface area contributed by atoms with Gasteiger partial charge in [0.2, 0.25) is 23.3 Å². The van der Waals surface area contributed by atoms with Gasteiger partial charge in [-0.2, -0.15) is 0 Å². The summed E-state index contributed by atoms with van der Waals surface area (Å²) in [6.07, 6.45) is 8.26. The largest absolute Gasteiger partial charge is 0.493 e. The van der Waals surface area contributed by atoms with Crippen molar-refractivity contribution in [2.24, 2.45) is 0 Å². The third-order valence-corrected chi connectivity index (χ3v) is 17.8. The van der Waals surface area contributed by atoms with E-state index in [1.165, 1.54) is 42.7 Å². The van der Waals surface area contributed by atoms with Gasteiger partial charge >= 0.3 is 11.9 Å². The lowest BCUT2D eigenvalue weighted by Gasteiger charge is -2.37. The van der Waals surface area contributed by atoms with E-state index in [2.05, 4.69) is 15.6 Å². The summed E-state index contributed by atoms with van der Waals surface area (Å²) in [6, 6.07) is 28.8. The molecule has 6 atom stereocenters. The molecule has 1 aromatic heterocycles. The molecule has 3 heterocycles. The number of likely N-dealkylation sites (tertiary alicyclic amines) is 2. The smallest absolute Gasteiger partial charge is 0.329 e. The molecular weight excluding hydrogens is 1260 g/mol. The standard InChI is InChI=1S/C75H93N5O18/c1-11-56(52-41-64(89-5)70(93-9)65(42-52)90-6)72(83)79-36-15-13-25-58(79)74(85)97-60(30-27-48-28-32-62(87-3)63(38-48)88-4)50-21-17-23-54(39-50)95-46-68(81)77-34-35-78-69(82)47-96-55-24-18-22-51(40-55)61(31-29-49-20-19-33-76-45-49)98-75(86)59-26-14-16-37-80(59)73(84)57(12-2)53-43-66(91-7)71(94-10)67(44-53)92-8/h17-24,28,32-33,38-45,56-61H,11-16,25-27,29-31,34-37,46-47H2,1-10H3,(H,77,81)(H,78,82)/t56?,57?,58-,59-,60?,61?/m0/s1. The highest BCUT2D eigenvalue weighted by atomic mass is 16.6. The Morgan fingerprint density at radius 3 is 1.31 bits per heavy atom. The van der Waals surface area contributed by atoms with Crippen molar-refractivity contribution in [3.05, 3.63) is 149 Å². The topological polar surface area (TPSA) is 257 Å². The van der Waals surface area contributed by atoms with Crippen LogP contribution in [0.5, 0.6) is 57.5 Å². The van der Waals surface area contributed by atoms with Crippen LogP contribution in [0.2, 0.25) is 0 Å². The van der Waals surface area contributed by atoms with E-state index >= 15 is 0 Å². The van der Waals surface area contributed by atoms with Gasteiger partial charge in [-0.15, -0.1) is 0 Å². The van der Waals surface area contributed by atoms with Crippen molar-refractivity contribution in [1.82, 2.24) is 25.4 Å². The first-order chi connectivity index (χ1) is 47.6. The molecule has 4 amide bonds. The molecule has 0 radical (unpaired) electrons. The first-order valence-electron chi connectivity index (χ1n) is 33.3. The van der Waals surface area contributed by atoms with E-state index in [-0.39, 0.29) is 38.1 Å². The second kappa shape index (κ2) is 37.0. The fourth-order valence-electron chi connectivity index (χ4n) is 12.6. The Labute approximate surface area is 573 Å². The van der Waals surface area contributed by atoms with E-state index in [1.54, 1.807) is 97.1 Å². The van der Waals surface area contributed by atoms with Crippen molar-refractivity contribution >= 4 is 35.6 Å². The number of esters is 2. The second-order valence-electron chi connectivity index (χ2n) is 23.8. The Kier molecular flexibility index (Phi) is 27.9. The fourth-order valence-corrected chi connectivity index (χ4v) is 12.6. The quantitative estimate of drug-likeness (QED) is 0.0277. The average Bonchev–Trinajstić information content (AvgIpc) is 0.825. The summed E-state index contributed by atoms with van der Waals surface area (Å²) in [5.74, 6) is 0.715. The summed E-state index contributed by atoms with van der Waals surface area (Å²) in [6.45, 7) is 4.05. The lowest BCUT2D eigenvalue weighted by atomic mass is 9.91. The molecule has 2 aliphatic rings. The van der Waals surface area contributed by atoms with Gasteiger partial charge in [0.05, 0.1) is 68.7 Å². The SMILES string of the molecule is CCC(C(=O)N1CCCC[C@H]1C(=O)OC(CCc1cccnc1)c1cccc(OCC(=O)NCCNC(=O)COc2cccc(C(CCc3ccc(OC)c(OC)c3)OC(=O)[C@@H]3CCCCN3C(=O)C(CC)c3cc(OC)c(OC)c(OC)c3)c2)c1)c1cc(OC)c(OC)c(OC)c1. The summed E-state index contributed by atoms with van der Waals surface area (Å²) in [5.41, 5.74) is 4.43. The number of carbonyl (C=O) groups is 6. The number of benzene rings is 5. The van der Waals surface area contributed by atoms with Gasteiger partial charge in [-0.05, 0) is 177 Å². The predicted molar refractivity (Wildman–Crippen MR) is 365 cm³/mol. The number of carbonyl (C=O) groups excluding carboxylic acids is 6. The van der Waals surface area contributed by atoms with E-state index in [0.717, 1.165) is 30.4 Å². The Hall–Kier alpha value is -9.93. The molecule has 4 unspecified atom stereocenters. The monoisotopic (exact) mass is 1350 g/mol. The Morgan fingerprint density at radius 1 is 0.469 bits per heavy atom. The zero-order chi connectivity index (χ0) is 70.1. The van der Waals surface area contributed by atoms with Gasteiger partial charge in [-0.3, -0.25) is 24.2 Å². The van der Waals surface area contributed by atoms with Crippen LogP contribution in [0.4, 0.5) is 0 Å². The maximum Gasteiger partial charge on any atom is 0.329 e. The third-order valence-electron chi connectivity index (χ3n) is 17.8. The maximum atomic E-state index is 14.6. The van der Waals surface area contributed by atoms with E-state index in [0.29, 0.717) is 151 Å². The number of piperidine rings is 2. The van der Waals surface area contributed by atoms with Gasteiger partial charge in [-0.25, -0.2) is 9.59 Å². The lowest BCUT2D eigenvalue weighted by Crippen LogP contribution is -2.50. The number of rotatable bonds is 35. The molecule has 2 saturated heterocycles. The van der Waals surface area contributed by atoms with Crippen LogP contribution in [0.15, 0.2) is 116 Å². The Bertz CT molecular complexity index is 3590. The normalized spacial score (nSPS) is 15.6. The van der Waals surface area contributed by atoms with E-state index in [9.17, 15) is 28.8 Å². The number of pyridine rings is 1. The number of amides is 4. The van der Waals surface area contributed by atoms with Crippen LogP contribution < -0.4 is 58.0 Å². The van der Waals surface area contributed by atoms with Crippen molar-refractivity contribution in [2.45, 2.75) is 127 Å². The van der Waals surface area contributed by atoms with Gasteiger partial charge in [0.1, 0.15) is 35.8 Å². The Balaban J connectivity index is 0.866. The van der Waals surface area contributed by atoms with Crippen molar-refractivity contribution < 1.29 is 85.6 Å². The Morgan fingerprint density at radius 2 is 0.908 bits per heavy atom. The van der Waals surface area contributed by atoms with E-state index in [1.807, 2.05) is 56.3 Å². The third kappa shape index (κ3) is 19.2. The number of methoxy groups -OCH3 is 8. The highest BCUT2D eigenvalue weighted by Crippen LogP contribution is 2.44. The van der Waals surface area contributed by atoms with Crippen molar-refractivity contribution in [2.75, 3.05) is 96.3 Å². The zero-order valence-electron chi connectivity index (χ0n) is 57.9. The molecular formula is C75H93N5O18. The highest BCUT2D eigenvalue weighted by molar-refractivity contribution is 5.90. The van der Waals surface area contributed by atoms with Crippen LogP contribution in [0.25, 0.3) is 0 Å². The molecule has 98 heavy (non-hydrogen) atoms. The van der Waals surface area contributed by atoms with Crippen molar-refractivity contribution in [3.63, 3.8) is 0 Å². The van der Waals surface area contributed by atoms with Gasteiger partial charge in [-0.1, -0.05) is 50.2 Å². The van der Waals surface area contributed by atoms with Gasteiger partial charge in [0.25, 0.3) is 11.8 Å². The number of aromatic nitrogens is 1. The van der Waals surface area contributed by atoms with Crippen LogP contribution in [-0.4, -0.2) is 159 Å². The van der Waals surface area contributed by atoms with Crippen LogP contribution in [-0.2, 0) is 51.1 Å². The van der Waals surface area contributed by atoms with Crippen molar-refractivity contribution in [1.29, 1.82) is 0 Å². The summed E-state index contributed by atoms with van der Waals surface area (Å²) < 4.78 is 69.4. The minimum absolute atomic E-state index is 0.0812. The van der Waals surface area contributed by atoms with Gasteiger partial charge in [0, 0.05) is 38.6 Å². The molecule has 0 saturated carbocycles. The predicted octanol–water partition coefficient (Wildman–Crippen LogP) is 10.4. The number of nitrogens with zero attached hydrogens (tertiary/aromatic N) is 3. The summed E-state index contributed by atoms with van der Waals surface area (Å²) in [7, 11) is 12.2. The van der Waals surface area contributed by atoms with E-state index < -0.39 is 59.9 Å². The van der Waals surface area contributed by atoms with Gasteiger partial charge < -0.3 is 77.3 Å². The van der Waals surface area contributed by atoms with E-state index in [4.69, 9.17) is 56.8 Å². The number of hydrogen-bond acceptors (Lipinski definition) is 19. The number of hydrogen-bond donors (Lipinski definition) is 2. The first kappa shape index (κ1) is 73.9.